The molecule has 0 saturated heterocycles. The van der Waals surface area contributed by atoms with Gasteiger partial charge < -0.3 is 0 Å². The van der Waals surface area contributed by atoms with Crippen molar-refractivity contribution in [3.63, 3.8) is 0 Å². The molecule has 0 aliphatic heterocycles. The largest absolute Gasteiger partial charge is 0.287 e. The summed E-state index contributed by atoms with van der Waals surface area (Å²) in [6.07, 6.45) is 1.54. The second-order valence-corrected chi connectivity index (χ2v) is 4.32. The summed E-state index contributed by atoms with van der Waals surface area (Å²) in [5.41, 5.74) is 0.431. The molecule has 0 aliphatic rings. The molecule has 0 amide bonds. The van der Waals surface area contributed by atoms with E-state index < -0.39 is 5.82 Å². The molecule has 3 nitrogen and oxygen atoms in total. The van der Waals surface area contributed by atoms with Crippen LogP contribution in [0.5, 0.6) is 0 Å². The first kappa shape index (κ1) is 12.0. The Kier molecular flexibility index (Phi) is 3.38. The quantitative estimate of drug-likeness (QED) is 0.816. The molecule has 2 aromatic rings. The van der Waals surface area contributed by atoms with Gasteiger partial charge in [0.25, 0.3) is 0 Å². The molecule has 0 atom stereocenters. The molecule has 0 spiro atoms. The molecule has 1 aromatic heterocycles. The van der Waals surface area contributed by atoms with Gasteiger partial charge in [-0.25, -0.2) is 4.39 Å². The second kappa shape index (κ2) is 4.79. The van der Waals surface area contributed by atoms with Gasteiger partial charge in [-0.1, -0.05) is 12.1 Å². The summed E-state index contributed by atoms with van der Waals surface area (Å²) in [7, 11) is 0. The van der Waals surface area contributed by atoms with Crippen LogP contribution in [0.15, 0.2) is 34.9 Å². The van der Waals surface area contributed by atoms with Crippen molar-refractivity contribution in [2.24, 2.45) is 0 Å². The van der Waals surface area contributed by atoms with Crippen LogP contribution in [0.25, 0.3) is 0 Å². The van der Waals surface area contributed by atoms with Gasteiger partial charge in [0.05, 0.1) is 16.2 Å². The number of carbonyl (C=O) groups excluding carboxylic acids is 1. The number of halogens is 2. The predicted molar refractivity (Wildman–Crippen MR) is 65.4 cm³/mol. The van der Waals surface area contributed by atoms with Crippen LogP contribution in [0.1, 0.15) is 23.0 Å². The fourth-order valence-corrected chi connectivity index (χ4v) is 2.08. The van der Waals surface area contributed by atoms with Crippen molar-refractivity contribution < 1.29 is 9.18 Å². The molecule has 0 radical (unpaired) electrons. The minimum Gasteiger partial charge on any atom is -0.287 e. The van der Waals surface area contributed by atoms with Crippen molar-refractivity contribution in [1.29, 1.82) is 0 Å². The average Bonchev–Trinajstić information content (AvgIpc) is 2.70. The van der Waals surface area contributed by atoms with Crippen LogP contribution < -0.4 is 0 Å². The number of aryl methyl sites for hydroxylation is 1. The highest BCUT2D eigenvalue weighted by molar-refractivity contribution is 9.10. The highest BCUT2D eigenvalue weighted by Crippen LogP contribution is 2.21. The zero-order valence-electron chi connectivity index (χ0n) is 9.15. The molecule has 5 heteroatoms. The maximum absolute atomic E-state index is 13.5. The Morgan fingerprint density at radius 3 is 2.82 bits per heavy atom. The van der Waals surface area contributed by atoms with E-state index in [0.717, 1.165) is 0 Å². The first-order valence-electron chi connectivity index (χ1n) is 5.15. The SMILES string of the molecule is CCn1ncc(Br)c1C(=O)c1ccccc1F. The van der Waals surface area contributed by atoms with E-state index >= 15 is 0 Å². The van der Waals surface area contributed by atoms with Crippen LogP contribution >= 0.6 is 15.9 Å². The molecule has 0 unspecified atom stereocenters. The summed E-state index contributed by atoms with van der Waals surface area (Å²) in [5, 5.41) is 4.04. The van der Waals surface area contributed by atoms with Gasteiger partial charge in [0, 0.05) is 6.54 Å². The smallest absolute Gasteiger partial charge is 0.215 e. The lowest BCUT2D eigenvalue weighted by Crippen LogP contribution is -2.12. The number of nitrogens with zero attached hydrogens (tertiary/aromatic N) is 2. The Balaban J connectivity index is 2.51. The Labute approximate surface area is 106 Å². The van der Waals surface area contributed by atoms with Gasteiger partial charge in [-0.15, -0.1) is 0 Å². The summed E-state index contributed by atoms with van der Waals surface area (Å²) in [4.78, 5) is 12.2. The third-order valence-electron chi connectivity index (χ3n) is 2.43. The molecular weight excluding hydrogens is 287 g/mol. The molecule has 1 heterocycles. The molecule has 88 valence electrons. The topological polar surface area (TPSA) is 34.9 Å². The van der Waals surface area contributed by atoms with Crippen molar-refractivity contribution in [1.82, 2.24) is 9.78 Å². The summed E-state index contributed by atoms with van der Waals surface area (Å²) in [5.74, 6) is -0.887. The maximum atomic E-state index is 13.5. The van der Waals surface area contributed by atoms with Crippen LogP contribution in [0, 0.1) is 5.82 Å². The molecule has 0 aliphatic carbocycles. The van der Waals surface area contributed by atoms with Crippen LogP contribution in [0.3, 0.4) is 0 Å². The first-order valence-corrected chi connectivity index (χ1v) is 5.95. The van der Waals surface area contributed by atoms with E-state index in [9.17, 15) is 9.18 Å². The van der Waals surface area contributed by atoms with Gasteiger partial charge in [-0.3, -0.25) is 9.48 Å². The van der Waals surface area contributed by atoms with Gasteiger partial charge in [0.15, 0.2) is 0 Å². The molecule has 0 N–H and O–H groups in total. The Morgan fingerprint density at radius 2 is 2.18 bits per heavy atom. The summed E-state index contributed by atoms with van der Waals surface area (Å²) in [6, 6.07) is 5.93. The van der Waals surface area contributed by atoms with E-state index in [1.165, 1.54) is 18.3 Å². The van der Waals surface area contributed by atoms with E-state index in [0.29, 0.717) is 16.7 Å². The number of rotatable bonds is 3. The zero-order valence-corrected chi connectivity index (χ0v) is 10.7. The summed E-state index contributed by atoms with van der Waals surface area (Å²) < 4.78 is 15.7. The number of hydrogen-bond donors (Lipinski definition) is 0. The van der Waals surface area contributed by atoms with Crippen molar-refractivity contribution in [2.75, 3.05) is 0 Å². The number of benzene rings is 1. The number of hydrogen-bond acceptors (Lipinski definition) is 2. The Hall–Kier alpha value is -1.49. The molecule has 2 rings (SSSR count). The molecule has 0 fully saturated rings. The summed E-state index contributed by atoms with van der Waals surface area (Å²) in [6.45, 7) is 2.43. The van der Waals surface area contributed by atoms with Gasteiger partial charge in [0.2, 0.25) is 5.78 Å². The predicted octanol–water partition coefficient (Wildman–Crippen LogP) is 3.04. The molecule has 0 saturated carbocycles. The summed E-state index contributed by atoms with van der Waals surface area (Å²) >= 11 is 3.25. The van der Waals surface area contributed by atoms with E-state index in [1.807, 2.05) is 6.92 Å². The van der Waals surface area contributed by atoms with E-state index in [2.05, 4.69) is 21.0 Å². The van der Waals surface area contributed by atoms with Gasteiger partial charge in [0.1, 0.15) is 11.5 Å². The highest BCUT2D eigenvalue weighted by Gasteiger charge is 2.20. The number of carbonyl (C=O) groups is 1. The Bertz CT molecular complexity index is 565. The zero-order chi connectivity index (χ0) is 12.4. The minimum absolute atomic E-state index is 0.0587. The lowest BCUT2D eigenvalue weighted by atomic mass is 10.1. The fourth-order valence-electron chi connectivity index (χ4n) is 1.60. The lowest BCUT2D eigenvalue weighted by Gasteiger charge is -2.05. The molecule has 0 bridgehead atoms. The number of ketones is 1. The highest BCUT2D eigenvalue weighted by atomic mass is 79.9. The normalized spacial score (nSPS) is 10.5. The monoisotopic (exact) mass is 296 g/mol. The third-order valence-corrected chi connectivity index (χ3v) is 3.01. The minimum atomic E-state index is -0.520. The lowest BCUT2D eigenvalue weighted by molar-refractivity contribution is 0.102. The average molecular weight is 297 g/mol. The molecular formula is C12H10BrFN2O. The molecule has 1 aromatic carbocycles. The van der Waals surface area contributed by atoms with Crippen molar-refractivity contribution >= 4 is 21.7 Å². The standard InChI is InChI=1S/C12H10BrFN2O/c1-2-16-11(9(13)7-15-16)12(17)8-5-3-4-6-10(8)14/h3-7H,2H2,1H3. The van der Waals surface area contributed by atoms with Crippen molar-refractivity contribution in [3.8, 4) is 0 Å². The number of aromatic nitrogens is 2. The molecule has 17 heavy (non-hydrogen) atoms. The van der Waals surface area contributed by atoms with Crippen LogP contribution in [0.2, 0.25) is 0 Å². The van der Waals surface area contributed by atoms with Gasteiger partial charge in [-0.05, 0) is 35.0 Å². The van der Waals surface area contributed by atoms with E-state index in [1.54, 1.807) is 16.8 Å². The van der Waals surface area contributed by atoms with Crippen molar-refractivity contribution in [3.05, 3.63) is 52.0 Å². The fraction of sp³-hybridized carbons (Fsp3) is 0.167. The van der Waals surface area contributed by atoms with E-state index in [4.69, 9.17) is 0 Å². The third kappa shape index (κ3) is 2.15. The maximum Gasteiger partial charge on any atom is 0.215 e. The van der Waals surface area contributed by atoms with Gasteiger partial charge >= 0.3 is 0 Å². The van der Waals surface area contributed by atoms with Crippen LogP contribution in [-0.4, -0.2) is 15.6 Å². The van der Waals surface area contributed by atoms with E-state index in [-0.39, 0.29) is 11.3 Å². The first-order chi connectivity index (χ1) is 8.15. The van der Waals surface area contributed by atoms with Gasteiger partial charge in [-0.2, -0.15) is 5.10 Å². The second-order valence-electron chi connectivity index (χ2n) is 3.47. The van der Waals surface area contributed by atoms with Crippen LogP contribution in [-0.2, 0) is 6.54 Å². The Morgan fingerprint density at radius 1 is 1.47 bits per heavy atom. The van der Waals surface area contributed by atoms with Crippen LogP contribution in [0.4, 0.5) is 4.39 Å². The van der Waals surface area contributed by atoms with Crippen molar-refractivity contribution in [2.45, 2.75) is 13.5 Å².